The zero-order valence-electron chi connectivity index (χ0n) is 16.6. The van der Waals surface area contributed by atoms with Crippen LogP contribution in [0.3, 0.4) is 0 Å². The molecule has 0 fully saturated rings. The summed E-state index contributed by atoms with van der Waals surface area (Å²) in [5.41, 5.74) is 0.00715. The molecule has 2 aliphatic heterocycles. The molecule has 1 aromatic heterocycles. The fraction of sp³-hybridized carbons (Fsp3) is 0.474. The van der Waals surface area contributed by atoms with Gasteiger partial charge in [-0.2, -0.15) is 13.2 Å². The Morgan fingerprint density at radius 1 is 1.27 bits per heavy atom. The second-order valence-electron chi connectivity index (χ2n) is 7.44. The van der Waals surface area contributed by atoms with Gasteiger partial charge in [0.15, 0.2) is 5.82 Å². The molecule has 1 amide bonds. The summed E-state index contributed by atoms with van der Waals surface area (Å²) in [6, 6.07) is 6.57. The van der Waals surface area contributed by atoms with E-state index >= 15 is 0 Å². The van der Waals surface area contributed by atoms with Crippen LogP contribution in [0.2, 0.25) is 0 Å². The number of benzene rings is 1. The molecule has 2 unspecified atom stereocenters. The fourth-order valence-electron chi connectivity index (χ4n) is 3.86. The van der Waals surface area contributed by atoms with Gasteiger partial charge in [-0.05, 0) is 26.0 Å². The van der Waals surface area contributed by atoms with Crippen molar-refractivity contribution in [3.8, 4) is 5.75 Å². The van der Waals surface area contributed by atoms with Gasteiger partial charge in [0.05, 0.1) is 18.9 Å². The van der Waals surface area contributed by atoms with Crippen molar-refractivity contribution >= 4 is 11.6 Å². The molecular weight excluding hydrogens is 403 g/mol. The van der Waals surface area contributed by atoms with E-state index in [4.69, 9.17) is 9.57 Å². The monoisotopic (exact) mass is 423 g/mol. The highest BCUT2D eigenvalue weighted by atomic mass is 19.4. The molecule has 30 heavy (non-hydrogen) atoms. The van der Waals surface area contributed by atoms with Crippen molar-refractivity contribution in [2.75, 3.05) is 13.7 Å². The van der Waals surface area contributed by atoms with E-state index in [0.29, 0.717) is 11.5 Å². The van der Waals surface area contributed by atoms with Gasteiger partial charge in [0.2, 0.25) is 11.4 Å². The predicted molar refractivity (Wildman–Crippen MR) is 98.8 cm³/mol. The van der Waals surface area contributed by atoms with Gasteiger partial charge in [0.25, 0.3) is 5.91 Å². The molecule has 2 aromatic rings. The number of halogens is 3. The third-order valence-electron chi connectivity index (χ3n) is 5.43. The van der Waals surface area contributed by atoms with Gasteiger partial charge in [0, 0.05) is 25.1 Å². The maximum Gasteiger partial charge on any atom is 0.451 e. The molecule has 0 aliphatic carbocycles. The van der Waals surface area contributed by atoms with Gasteiger partial charge in [-0.25, -0.2) is 0 Å². The van der Waals surface area contributed by atoms with Gasteiger partial charge in [0.1, 0.15) is 5.75 Å². The summed E-state index contributed by atoms with van der Waals surface area (Å²) >= 11 is 0. The number of aromatic nitrogens is 3. The highest BCUT2D eigenvalue weighted by Gasteiger charge is 2.48. The van der Waals surface area contributed by atoms with Crippen LogP contribution in [0.5, 0.6) is 5.75 Å². The number of amides is 1. The number of hydrogen-bond donors (Lipinski definition) is 0. The molecule has 0 radical (unpaired) electrons. The number of oxime groups is 1. The number of hydrogen-bond acceptors (Lipinski definition) is 6. The highest BCUT2D eigenvalue weighted by molar-refractivity contribution is 6.07. The Morgan fingerprint density at radius 3 is 2.70 bits per heavy atom. The van der Waals surface area contributed by atoms with Crippen molar-refractivity contribution in [1.82, 2.24) is 19.7 Å². The minimum Gasteiger partial charge on any atom is -0.496 e. The first-order valence-electron chi connectivity index (χ1n) is 9.35. The molecule has 4 rings (SSSR count). The molecule has 0 bridgehead atoms. The van der Waals surface area contributed by atoms with Crippen molar-refractivity contribution in [3.63, 3.8) is 0 Å². The Bertz CT molecular complexity index is 1020. The maximum atomic E-state index is 13.3. The Kier molecular flexibility index (Phi) is 4.70. The van der Waals surface area contributed by atoms with Crippen LogP contribution in [-0.2, 0) is 22.4 Å². The second kappa shape index (κ2) is 6.99. The van der Waals surface area contributed by atoms with Crippen LogP contribution in [0.4, 0.5) is 13.2 Å². The van der Waals surface area contributed by atoms with Crippen molar-refractivity contribution < 1.29 is 27.5 Å². The molecule has 160 valence electrons. The Labute approximate surface area is 170 Å². The number of fused-ring (bicyclic) bond motifs is 1. The highest BCUT2D eigenvalue weighted by Crippen LogP contribution is 2.36. The summed E-state index contributed by atoms with van der Waals surface area (Å²) < 4.78 is 45.7. The van der Waals surface area contributed by atoms with Crippen LogP contribution >= 0.6 is 0 Å². The lowest BCUT2D eigenvalue weighted by molar-refractivity contribution is -0.157. The van der Waals surface area contributed by atoms with Gasteiger partial charge in [-0.1, -0.05) is 17.3 Å². The molecule has 0 spiro atoms. The van der Waals surface area contributed by atoms with Gasteiger partial charge < -0.3 is 19.0 Å². The largest absolute Gasteiger partial charge is 0.496 e. The molecule has 0 N–H and O–H groups in total. The maximum absolute atomic E-state index is 13.3. The molecule has 8 nitrogen and oxygen atoms in total. The van der Waals surface area contributed by atoms with Crippen LogP contribution < -0.4 is 4.74 Å². The van der Waals surface area contributed by atoms with Crippen molar-refractivity contribution in [1.29, 1.82) is 0 Å². The Morgan fingerprint density at radius 2 is 2.00 bits per heavy atom. The molecule has 0 saturated carbocycles. The lowest BCUT2D eigenvalue weighted by Gasteiger charge is -2.37. The number of alkyl halides is 3. The van der Waals surface area contributed by atoms with E-state index in [9.17, 15) is 18.0 Å². The first kappa shape index (κ1) is 20.2. The quantitative estimate of drug-likeness (QED) is 0.758. The Balaban J connectivity index is 1.55. The van der Waals surface area contributed by atoms with Gasteiger partial charge in [-0.3, -0.25) is 4.79 Å². The fourth-order valence-corrected chi connectivity index (χ4v) is 3.86. The molecule has 11 heteroatoms. The first-order valence-corrected chi connectivity index (χ1v) is 9.35. The molecular formula is C19H20F3N5O3. The van der Waals surface area contributed by atoms with Crippen LogP contribution in [-0.4, -0.2) is 50.5 Å². The van der Waals surface area contributed by atoms with E-state index in [0.717, 1.165) is 10.1 Å². The van der Waals surface area contributed by atoms with Gasteiger partial charge >= 0.3 is 6.18 Å². The molecule has 2 aliphatic rings. The van der Waals surface area contributed by atoms with E-state index in [1.54, 1.807) is 27.0 Å². The average Bonchev–Trinajstić information content (AvgIpc) is 3.33. The number of carbonyl (C=O) groups is 1. The van der Waals surface area contributed by atoms with Crippen molar-refractivity contribution in [2.45, 2.75) is 44.6 Å². The first-order chi connectivity index (χ1) is 14.2. The Hall–Kier alpha value is -3.11. The number of nitrogens with zero attached hydrogens (tertiary/aromatic N) is 5. The van der Waals surface area contributed by atoms with E-state index in [1.165, 1.54) is 4.90 Å². The standard InChI is InChI=1S/C19H20F3N5O3/c1-11-15-23-24-16(19(20,21)22)27(15)9-8-26(11)17(28)18(2)10-13(25-30-18)12-6-4-5-7-14(12)29-3/h4-7,11H,8-10H2,1-3H3. The normalized spacial score (nSPS) is 23.6. The third-order valence-corrected chi connectivity index (χ3v) is 5.43. The average molecular weight is 423 g/mol. The topological polar surface area (TPSA) is 81.8 Å². The van der Waals surface area contributed by atoms with Crippen molar-refractivity contribution in [3.05, 3.63) is 41.5 Å². The number of ether oxygens (including phenoxy) is 1. The second-order valence-corrected chi connectivity index (χ2v) is 7.44. The van der Waals surface area contributed by atoms with E-state index in [2.05, 4.69) is 15.4 Å². The summed E-state index contributed by atoms with van der Waals surface area (Å²) in [5.74, 6) is -0.724. The lowest BCUT2D eigenvalue weighted by Crippen LogP contribution is -2.51. The summed E-state index contributed by atoms with van der Waals surface area (Å²) in [5, 5.41) is 11.1. The number of carbonyl (C=O) groups excluding carboxylic acids is 1. The van der Waals surface area contributed by atoms with Crippen LogP contribution in [0.15, 0.2) is 29.4 Å². The van der Waals surface area contributed by atoms with E-state index in [-0.39, 0.29) is 31.2 Å². The predicted octanol–water partition coefficient (Wildman–Crippen LogP) is 2.79. The molecule has 0 saturated heterocycles. The minimum atomic E-state index is -4.60. The number of methoxy groups -OCH3 is 1. The van der Waals surface area contributed by atoms with Crippen molar-refractivity contribution in [2.24, 2.45) is 5.16 Å². The number of rotatable bonds is 3. The molecule has 2 atom stereocenters. The summed E-state index contributed by atoms with van der Waals surface area (Å²) in [7, 11) is 1.54. The lowest BCUT2D eigenvalue weighted by atomic mass is 9.93. The van der Waals surface area contributed by atoms with Gasteiger partial charge in [-0.15, -0.1) is 10.2 Å². The van der Waals surface area contributed by atoms with Crippen LogP contribution in [0, 0.1) is 0 Å². The zero-order valence-corrected chi connectivity index (χ0v) is 16.6. The van der Waals surface area contributed by atoms with Crippen LogP contribution in [0.25, 0.3) is 0 Å². The minimum absolute atomic E-state index is 0.0520. The summed E-state index contributed by atoms with van der Waals surface area (Å²) in [6.07, 6.45) is -4.40. The molecule has 3 heterocycles. The summed E-state index contributed by atoms with van der Waals surface area (Å²) in [6.45, 7) is 3.27. The van der Waals surface area contributed by atoms with Crippen LogP contribution in [0.1, 0.15) is 43.5 Å². The number of para-hydroxylation sites is 1. The summed E-state index contributed by atoms with van der Waals surface area (Å²) in [4.78, 5) is 20.3. The van der Waals surface area contributed by atoms with E-state index in [1.807, 2.05) is 18.2 Å². The smallest absolute Gasteiger partial charge is 0.451 e. The zero-order chi connectivity index (χ0) is 21.7. The SMILES string of the molecule is COc1ccccc1C1=NOC(C)(C(=O)N2CCn3c(nnc3C(F)(F)F)C2C)C1. The third kappa shape index (κ3) is 3.17. The van der Waals surface area contributed by atoms with E-state index < -0.39 is 23.6 Å². The molecule has 1 aromatic carbocycles.